The highest BCUT2D eigenvalue weighted by Crippen LogP contribution is 2.35. The molecule has 4 nitrogen and oxygen atoms in total. The summed E-state index contributed by atoms with van der Waals surface area (Å²) in [4.78, 5) is 12.9. The minimum absolute atomic E-state index is 0.615. The lowest BCUT2D eigenvalue weighted by atomic mass is 9.99. The molecular weight excluding hydrogens is 340 g/mol. The van der Waals surface area contributed by atoms with Crippen LogP contribution in [-0.4, -0.2) is 28.0 Å². The van der Waals surface area contributed by atoms with Crippen molar-refractivity contribution in [1.29, 1.82) is 0 Å². The molecule has 0 saturated carbocycles. The minimum Gasteiger partial charge on any atom is -0.342 e. The molecule has 0 unspecified atom stereocenters. The number of imidazole rings is 1. The molecule has 1 aliphatic rings. The lowest BCUT2D eigenvalue weighted by Crippen LogP contribution is -2.26. The summed E-state index contributed by atoms with van der Waals surface area (Å²) in [5.74, 6) is 1.58. The Morgan fingerprint density at radius 3 is 2.69 bits per heavy atom. The Labute approximate surface area is 156 Å². The second kappa shape index (κ2) is 6.18. The van der Waals surface area contributed by atoms with E-state index in [1.807, 2.05) is 18.3 Å². The summed E-state index contributed by atoms with van der Waals surface area (Å²) in [7, 11) is 0. The molecule has 0 aliphatic carbocycles. The van der Waals surface area contributed by atoms with Crippen molar-refractivity contribution in [1.82, 2.24) is 20.3 Å². The van der Waals surface area contributed by atoms with Gasteiger partial charge >= 0.3 is 0 Å². The maximum absolute atomic E-state index is 4.92. The fourth-order valence-corrected chi connectivity index (χ4v) is 5.12. The SMILES string of the molecule is Cc1nc2c(C)cc(-c3ccc4nc(C5CCNCC5)sc4c3)cc2[nH]1. The number of thiazole rings is 1. The zero-order valence-electron chi connectivity index (χ0n) is 15.1. The van der Waals surface area contributed by atoms with Gasteiger partial charge in [-0.3, -0.25) is 0 Å². The van der Waals surface area contributed by atoms with Gasteiger partial charge in [-0.2, -0.15) is 0 Å². The smallest absolute Gasteiger partial charge is 0.104 e. The molecule has 0 amide bonds. The van der Waals surface area contributed by atoms with Crippen molar-refractivity contribution >= 4 is 32.6 Å². The van der Waals surface area contributed by atoms with E-state index in [1.165, 1.54) is 39.2 Å². The lowest BCUT2D eigenvalue weighted by Gasteiger charge is -2.20. The van der Waals surface area contributed by atoms with Gasteiger partial charge in [0, 0.05) is 5.92 Å². The molecule has 0 bridgehead atoms. The monoisotopic (exact) mass is 362 g/mol. The average molecular weight is 363 g/mol. The van der Waals surface area contributed by atoms with E-state index in [4.69, 9.17) is 4.98 Å². The number of hydrogen-bond donors (Lipinski definition) is 2. The maximum atomic E-state index is 4.92. The fraction of sp³-hybridized carbons (Fsp3) is 0.333. The van der Waals surface area contributed by atoms with E-state index in [9.17, 15) is 0 Å². The first-order chi connectivity index (χ1) is 12.7. The maximum Gasteiger partial charge on any atom is 0.104 e. The molecule has 3 heterocycles. The van der Waals surface area contributed by atoms with Crippen LogP contribution in [0.15, 0.2) is 30.3 Å². The number of piperidine rings is 1. The van der Waals surface area contributed by atoms with E-state index in [0.717, 1.165) is 35.5 Å². The van der Waals surface area contributed by atoms with Crippen molar-refractivity contribution in [2.45, 2.75) is 32.6 Å². The Morgan fingerprint density at radius 1 is 1.00 bits per heavy atom. The van der Waals surface area contributed by atoms with Gasteiger partial charge in [0.15, 0.2) is 0 Å². The van der Waals surface area contributed by atoms with E-state index in [-0.39, 0.29) is 0 Å². The zero-order valence-corrected chi connectivity index (χ0v) is 15.9. The number of aryl methyl sites for hydroxylation is 2. The van der Waals surface area contributed by atoms with Crippen LogP contribution in [0.25, 0.3) is 32.4 Å². The number of H-pyrrole nitrogens is 1. The van der Waals surface area contributed by atoms with Crippen LogP contribution < -0.4 is 5.32 Å². The van der Waals surface area contributed by atoms with E-state index in [1.54, 1.807) is 0 Å². The minimum atomic E-state index is 0.615. The summed E-state index contributed by atoms with van der Waals surface area (Å²) in [6, 6.07) is 11.1. The van der Waals surface area contributed by atoms with Crippen LogP contribution >= 0.6 is 11.3 Å². The zero-order chi connectivity index (χ0) is 17.7. The molecule has 2 N–H and O–H groups in total. The number of nitrogens with zero attached hydrogens (tertiary/aromatic N) is 2. The number of benzene rings is 2. The molecule has 2 aromatic carbocycles. The molecule has 0 atom stereocenters. The molecule has 132 valence electrons. The number of aromatic nitrogens is 3. The number of aromatic amines is 1. The van der Waals surface area contributed by atoms with Gasteiger partial charge in [-0.05, 0) is 80.7 Å². The van der Waals surface area contributed by atoms with E-state index in [2.05, 4.69) is 52.5 Å². The highest BCUT2D eigenvalue weighted by Gasteiger charge is 2.19. The summed E-state index contributed by atoms with van der Waals surface area (Å²) in [6.45, 7) is 6.35. The fourth-order valence-electron chi connectivity index (χ4n) is 3.95. The van der Waals surface area contributed by atoms with Crippen LogP contribution in [0.3, 0.4) is 0 Å². The second-order valence-corrected chi connectivity index (χ2v) is 8.33. The predicted molar refractivity (Wildman–Crippen MR) is 109 cm³/mol. The summed E-state index contributed by atoms with van der Waals surface area (Å²) in [5, 5.41) is 4.74. The van der Waals surface area contributed by atoms with Crippen molar-refractivity contribution in [3.8, 4) is 11.1 Å². The summed E-state index contributed by atoms with van der Waals surface area (Å²) in [6.07, 6.45) is 2.39. The van der Waals surface area contributed by atoms with Crippen LogP contribution in [0.1, 0.15) is 35.2 Å². The molecule has 1 aliphatic heterocycles. The lowest BCUT2D eigenvalue weighted by molar-refractivity contribution is 0.459. The van der Waals surface area contributed by atoms with E-state index in [0.29, 0.717) is 5.92 Å². The van der Waals surface area contributed by atoms with Crippen molar-refractivity contribution in [2.24, 2.45) is 0 Å². The second-order valence-electron chi connectivity index (χ2n) is 7.27. The van der Waals surface area contributed by atoms with Crippen LogP contribution in [0.5, 0.6) is 0 Å². The van der Waals surface area contributed by atoms with Gasteiger partial charge in [0.05, 0.1) is 26.3 Å². The predicted octanol–water partition coefficient (Wildman–Crippen LogP) is 4.92. The third kappa shape index (κ3) is 2.72. The van der Waals surface area contributed by atoms with Crippen molar-refractivity contribution in [2.75, 3.05) is 13.1 Å². The highest BCUT2D eigenvalue weighted by atomic mass is 32.1. The first-order valence-electron chi connectivity index (χ1n) is 9.26. The Morgan fingerprint density at radius 2 is 1.85 bits per heavy atom. The van der Waals surface area contributed by atoms with Gasteiger partial charge < -0.3 is 10.3 Å². The summed E-state index contributed by atoms with van der Waals surface area (Å²) in [5.41, 5.74) is 6.99. The average Bonchev–Trinajstić information content (AvgIpc) is 3.24. The standard InChI is InChI=1S/C21H22N4S/c1-12-9-16(10-18-20(12)24-13(2)23-18)15-3-4-17-19(11-15)26-21(25-17)14-5-7-22-8-6-14/h3-4,9-11,14,22H,5-8H2,1-2H3,(H,23,24). The topological polar surface area (TPSA) is 53.6 Å². The van der Waals surface area contributed by atoms with Gasteiger partial charge in [-0.1, -0.05) is 6.07 Å². The Balaban J connectivity index is 1.56. The van der Waals surface area contributed by atoms with E-state index >= 15 is 0 Å². The van der Waals surface area contributed by atoms with Crippen LogP contribution in [-0.2, 0) is 0 Å². The first kappa shape index (κ1) is 16.0. The molecule has 1 saturated heterocycles. The third-order valence-corrected chi connectivity index (χ3v) is 6.50. The number of hydrogen-bond acceptors (Lipinski definition) is 4. The molecule has 2 aromatic heterocycles. The molecule has 5 heteroatoms. The normalized spacial score (nSPS) is 15.9. The summed E-state index contributed by atoms with van der Waals surface area (Å²) >= 11 is 1.87. The van der Waals surface area contributed by atoms with E-state index < -0.39 is 0 Å². The molecule has 0 radical (unpaired) electrons. The van der Waals surface area contributed by atoms with Crippen LogP contribution in [0.2, 0.25) is 0 Å². The Hall–Kier alpha value is -2.24. The van der Waals surface area contributed by atoms with Gasteiger partial charge in [0.2, 0.25) is 0 Å². The molecular formula is C21H22N4S. The molecule has 4 aromatic rings. The molecule has 5 rings (SSSR count). The van der Waals surface area contributed by atoms with Gasteiger partial charge in [0.25, 0.3) is 0 Å². The highest BCUT2D eigenvalue weighted by molar-refractivity contribution is 7.18. The Bertz CT molecular complexity index is 1100. The number of rotatable bonds is 2. The van der Waals surface area contributed by atoms with Crippen LogP contribution in [0.4, 0.5) is 0 Å². The molecule has 1 fully saturated rings. The molecule has 26 heavy (non-hydrogen) atoms. The third-order valence-electron chi connectivity index (χ3n) is 5.32. The first-order valence-corrected chi connectivity index (χ1v) is 10.1. The molecule has 0 spiro atoms. The van der Waals surface area contributed by atoms with Crippen molar-refractivity contribution < 1.29 is 0 Å². The summed E-state index contributed by atoms with van der Waals surface area (Å²) < 4.78 is 1.29. The Kier molecular flexibility index (Phi) is 3.80. The van der Waals surface area contributed by atoms with Gasteiger partial charge in [-0.15, -0.1) is 11.3 Å². The van der Waals surface area contributed by atoms with Crippen molar-refractivity contribution in [3.05, 3.63) is 46.7 Å². The quantitative estimate of drug-likeness (QED) is 0.532. The number of fused-ring (bicyclic) bond motifs is 2. The number of nitrogens with one attached hydrogen (secondary N) is 2. The largest absolute Gasteiger partial charge is 0.342 e. The van der Waals surface area contributed by atoms with Crippen molar-refractivity contribution in [3.63, 3.8) is 0 Å². The van der Waals surface area contributed by atoms with Gasteiger partial charge in [0.1, 0.15) is 5.82 Å². The van der Waals surface area contributed by atoms with Gasteiger partial charge in [-0.25, -0.2) is 9.97 Å². The van der Waals surface area contributed by atoms with Crippen LogP contribution in [0, 0.1) is 13.8 Å².